The van der Waals surface area contributed by atoms with Gasteiger partial charge in [0.2, 0.25) is 5.75 Å². The van der Waals surface area contributed by atoms with Crippen molar-refractivity contribution in [3.8, 4) is 5.75 Å². The van der Waals surface area contributed by atoms with E-state index < -0.39 is 10.6 Å². The summed E-state index contributed by atoms with van der Waals surface area (Å²) in [5, 5.41) is 20.5. The first-order chi connectivity index (χ1) is 7.09. The van der Waals surface area contributed by atoms with Gasteiger partial charge in [-0.05, 0) is 18.2 Å². The van der Waals surface area contributed by atoms with E-state index in [9.17, 15) is 15.2 Å². The second-order valence-electron chi connectivity index (χ2n) is 2.95. The maximum absolute atomic E-state index is 10.5. The lowest BCUT2D eigenvalue weighted by atomic mass is 10.2. The van der Waals surface area contributed by atoms with Crippen LogP contribution in [0.5, 0.6) is 5.75 Å². The van der Waals surface area contributed by atoms with Crippen molar-refractivity contribution in [1.29, 1.82) is 0 Å². The molecule has 0 fully saturated rings. The van der Waals surface area contributed by atoms with Gasteiger partial charge in [0.05, 0.1) is 15.8 Å². The molecule has 1 aromatic heterocycles. The van der Waals surface area contributed by atoms with Crippen LogP contribution in [-0.2, 0) is 0 Å². The minimum Gasteiger partial charge on any atom is -0.502 e. The third-order valence-corrected chi connectivity index (χ3v) is 2.28. The highest BCUT2D eigenvalue weighted by Gasteiger charge is 2.16. The highest BCUT2D eigenvalue weighted by Crippen LogP contribution is 2.33. The first-order valence-electron chi connectivity index (χ1n) is 4.04. The molecule has 2 aromatic rings. The summed E-state index contributed by atoms with van der Waals surface area (Å²) < 4.78 is 0. The van der Waals surface area contributed by atoms with E-state index in [0.29, 0.717) is 15.8 Å². The summed E-state index contributed by atoms with van der Waals surface area (Å²) in [6, 6.07) is 4.87. The molecule has 0 amide bonds. The normalized spacial score (nSPS) is 10.5. The van der Waals surface area contributed by atoms with Gasteiger partial charge in [-0.3, -0.25) is 10.1 Å². The molecule has 0 atom stereocenters. The lowest BCUT2D eigenvalue weighted by Crippen LogP contribution is -1.91. The Kier molecular flexibility index (Phi) is 2.20. The van der Waals surface area contributed by atoms with Crippen molar-refractivity contribution in [2.75, 3.05) is 0 Å². The van der Waals surface area contributed by atoms with E-state index >= 15 is 0 Å². The summed E-state index contributed by atoms with van der Waals surface area (Å²) in [6.45, 7) is 0. The fraction of sp³-hybridized carbons (Fsp3) is 0. The van der Waals surface area contributed by atoms with Crippen molar-refractivity contribution in [3.63, 3.8) is 0 Å². The Balaban J connectivity index is 2.82. The molecule has 0 saturated heterocycles. The van der Waals surface area contributed by atoms with Crippen LogP contribution < -0.4 is 0 Å². The number of benzene rings is 1. The summed E-state index contributed by atoms with van der Waals surface area (Å²) >= 11 is 4.08. The van der Waals surface area contributed by atoms with Crippen molar-refractivity contribution >= 4 is 29.2 Å². The largest absolute Gasteiger partial charge is 0.502 e. The minimum absolute atomic E-state index is 0.330. The number of aromatic nitrogens is 1. The lowest BCUT2D eigenvalue weighted by molar-refractivity contribution is -0.386. The molecule has 0 bridgehead atoms. The van der Waals surface area contributed by atoms with Crippen molar-refractivity contribution in [2.45, 2.75) is 4.90 Å². The van der Waals surface area contributed by atoms with Gasteiger partial charge in [-0.2, -0.15) is 0 Å². The molecule has 1 aromatic carbocycles. The van der Waals surface area contributed by atoms with Crippen molar-refractivity contribution < 1.29 is 10.0 Å². The molecule has 0 spiro atoms. The first-order valence-corrected chi connectivity index (χ1v) is 4.49. The van der Waals surface area contributed by atoms with Crippen LogP contribution >= 0.6 is 12.6 Å². The maximum Gasteiger partial charge on any atom is 0.329 e. The topological polar surface area (TPSA) is 76.3 Å². The lowest BCUT2D eigenvalue weighted by Gasteiger charge is -2.01. The number of thiol groups is 1. The second-order valence-corrected chi connectivity index (χ2v) is 3.47. The number of hydrogen-bond donors (Lipinski definition) is 2. The van der Waals surface area contributed by atoms with E-state index in [4.69, 9.17) is 0 Å². The number of aromatic hydroxyl groups is 1. The third-order valence-electron chi connectivity index (χ3n) is 2.00. The Morgan fingerprint density at radius 2 is 2.20 bits per heavy atom. The zero-order valence-corrected chi connectivity index (χ0v) is 8.31. The van der Waals surface area contributed by atoms with Crippen molar-refractivity contribution in [1.82, 2.24) is 4.98 Å². The Bertz CT molecular complexity index is 556. The van der Waals surface area contributed by atoms with Gasteiger partial charge in [-0.15, -0.1) is 12.6 Å². The number of nitrogens with zero attached hydrogens (tertiary/aromatic N) is 2. The Hall–Kier alpha value is -1.82. The van der Waals surface area contributed by atoms with Gasteiger partial charge < -0.3 is 5.11 Å². The van der Waals surface area contributed by atoms with E-state index in [2.05, 4.69) is 17.6 Å². The van der Waals surface area contributed by atoms with Gasteiger partial charge in [-0.25, -0.2) is 4.98 Å². The van der Waals surface area contributed by atoms with Crippen LogP contribution in [0.3, 0.4) is 0 Å². The number of nitro groups is 1. The summed E-state index contributed by atoms with van der Waals surface area (Å²) in [7, 11) is 0. The third kappa shape index (κ3) is 1.59. The van der Waals surface area contributed by atoms with Crippen molar-refractivity contribution in [3.05, 3.63) is 34.5 Å². The van der Waals surface area contributed by atoms with Crippen LogP contribution in [-0.4, -0.2) is 15.0 Å². The highest BCUT2D eigenvalue weighted by atomic mass is 32.1. The molecule has 0 radical (unpaired) electrons. The SMILES string of the molecule is O=[N+]([O-])c1cnc2ccc(S)cc2c1O. The number of fused-ring (bicyclic) bond motifs is 1. The highest BCUT2D eigenvalue weighted by molar-refractivity contribution is 7.80. The van der Waals surface area contributed by atoms with E-state index in [-0.39, 0.29) is 5.75 Å². The molecule has 1 heterocycles. The Labute approximate surface area is 89.9 Å². The fourth-order valence-electron chi connectivity index (χ4n) is 1.29. The molecule has 2 rings (SSSR count). The van der Waals surface area contributed by atoms with E-state index in [0.717, 1.165) is 6.20 Å². The maximum atomic E-state index is 10.5. The van der Waals surface area contributed by atoms with Gasteiger partial charge in [0.15, 0.2) is 0 Å². The molecule has 0 unspecified atom stereocenters. The minimum atomic E-state index is -0.674. The summed E-state index contributed by atoms with van der Waals surface area (Å²) in [5.74, 6) is -0.374. The standard InChI is InChI=1S/C9H6N2O3S/c12-9-6-3-5(15)1-2-7(6)10-4-8(9)11(13)14/h1-4,15H,(H,10,12). The Morgan fingerprint density at radius 1 is 1.47 bits per heavy atom. The van der Waals surface area contributed by atoms with Gasteiger partial charge in [0.25, 0.3) is 0 Å². The zero-order valence-electron chi connectivity index (χ0n) is 7.41. The molecule has 15 heavy (non-hydrogen) atoms. The molecular formula is C9H6N2O3S. The van der Waals surface area contributed by atoms with Crippen LogP contribution in [0.15, 0.2) is 29.3 Å². The molecule has 0 saturated carbocycles. The second kappa shape index (κ2) is 3.39. The number of pyridine rings is 1. The van der Waals surface area contributed by atoms with Gasteiger partial charge >= 0.3 is 5.69 Å². The van der Waals surface area contributed by atoms with Gasteiger partial charge in [-0.1, -0.05) is 0 Å². The van der Waals surface area contributed by atoms with Crippen LogP contribution in [0, 0.1) is 10.1 Å². The summed E-state index contributed by atoms with van der Waals surface area (Å²) in [5.41, 5.74) is 0.0948. The van der Waals surface area contributed by atoms with E-state index in [1.807, 2.05) is 0 Å². The van der Waals surface area contributed by atoms with Crippen LogP contribution in [0.25, 0.3) is 10.9 Å². The average molecular weight is 222 g/mol. The average Bonchev–Trinajstić information content (AvgIpc) is 2.19. The molecular weight excluding hydrogens is 216 g/mol. The zero-order chi connectivity index (χ0) is 11.0. The van der Waals surface area contributed by atoms with Crippen LogP contribution in [0.4, 0.5) is 5.69 Å². The Morgan fingerprint density at radius 3 is 2.87 bits per heavy atom. The van der Waals surface area contributed by atoms with Crippen molar-refractivity contribution in [2.24, 2.45) is 0 Å². The fourth-order valence-corrected chi connectivity index (χ4v) is 1.49. The predicted molar refractivity (Wildman–Crippen MR) is 57.3 cm³/mol. The monoisotopic (exact) mass is 222 g/mol. The molecule has 0 aliphatic rings. The predicted octanol–water partition coefficient (Wildman–Crippen LogP) is 2.14. The molecule has 1 N–H and O–H groups in total. The summed E-state index contributed by atoms with van der Waals surface area (Å²) in [6.07, 6.45) is 1.04. The molecule has 76 valence electrons. The molecule has 0 aliphatic heterocycles. The van der Waals surface area contributed by atoms with Crippen LogP contribution in [0.1, 0.15) is 0 Å². The van der Waals surface area contributed by atoms with E-state index in [1.54, 1.807) is 12.1 Å². The molecule has 6 heteroatoms. The number of rotatable bonds is 1. The molecule has 5 nitrogen and oxygen atoms in total. The van der Waals surface area contributed by atoms with Gasteiger partial charge in [0.1, 0.15) is 6.20 Å². The van der Waals surface area contributed by atoms with Gasteiger partial charge in [0, 0.05) is 4.90 Å². The summed E-state index contributed by atoms with van der Waals surface area (Å²) in [4.78, 5) is 14.3. The molecule has 0 aliphatic carbocycles. The quantitative estimate of drug-likeness (QED) is 0.440. The van der Waals surface area contributed by atoms with Crippen LogP contribution in [0.2, 0.25) is 0 Å². The van der Waals surface area contributed by atoms with E-state index in [1.165, 1.54) is 6.07 Å². The first kappa shape index (κ1) is 9.72. The number of hydrogen-bond acceptors (Lipinski definition) is 5. The smallest absolute Gasteiger partial charge is 0.329 e.